The van der Waals surface area contributed by atoms with Gasteiger partial charge in [0.05, 0.1) is 6.10 Å². The van der Waals surface area contributed by atoms with Gasteiger partial charge in [-0.05, 0) is 19.3 Å². The molecule has 3 N–H and O–H groups in total. The topological polar surface area (TPSA) is 84.7 Å². The molecule has 0 radical (unpaired) electrons. The van der Waals surface area contributed by atoms with Crippen molar-refractivity contribution in [3.05, 3.63) is 0 Å². The molecule has 0 aromatic carbocycles. The number of nitrogens with one attached hydrogen (secondary N) is 1. The summed E-state index contributed by atoms with van der Waals surface area (Å²) in [7, 11) is 1.76. The zero-order valence-corrected chi connectivity index (χ0v) is 10.7. The summed E-state index contributed by atoms with van der Waals surface area (Å²) in [6.07, 6.45) is 2.42. The highest BCUT2D eigenvalue weighted by Crippen LogP contribution is 2.19. The molecule has 0 saturated carbocycles. The van der Waals surface area contributed by atoms with Crippen molar-refractivity contribution in [1.29, 1.82) is 0 Å². The molecule has 18 heavy (non-hydrogen) atoms. The van der Waals surface area contributed by atoms with E-state index in [-0.39, 0.29) is 30.1 Å². The minimum absolute atomic E-state index is 0.0105. The minimum atomic E-state index is -0.374. The Morgan fingerprint density at radius 2 is 2.28 bits per heavy atom. The highest BCUT2D eigenvalue weighted by Gasteiger charge is 2.32. The Kier molecular flexibility index (Phi) is 4.19. The number of nitrogens with zero attached hydrogens (tertiary/aromatic N) is 1. The first-order valence-electron chi connectivity index (χ1n) is 6.50. The summed E-state index contributed by atoms with van der Waals surface area (Å²) in [5, 5.41) is 2.96. The number of ether oxygens (including phenoxy) is 1. The summed E-state index contributed by atoms with van der Waals surface area (Å²) in [5.41, 5.74) is 5.51. The van der Waals surface area contributed by atoms with Crippen LogP contribution in [-0.2, 0) is 14.3 Å². The van der Waals surface area contributed by atoms with E-state index in [0.717, 1.165) is 12.8 Å². The van der Waals surface area contributed by atoms with Gasteiger partial charge in [-0.2, -0.15) is 0 Å². The number of amides is 2. The number of carbonyl (C=O) groups excluding carboxylic acids is 2. The second kappa shape index (κ2) is 5.67. The van der Waals surface area contributed by atoms with Gasteiger partial charge in [0.25, 0.3) is 0 Å². The first-order valence-corrected chi connectivity index (χ1v) is 6.50. The highest BCUT2D eigenvalue weighted by molar-refractivity contribution is 5.82. The van der Waals surface area contributed by atoms with Gasteiger partial charge in [0.2, 0.25) is 11.8 Å². The van der Waals surface area contributed by atoms with Crippen molar-refractivity contribution in [3.8, 4) is 0 Å². The summed E-state index contributed by atoms with van der Waals surface area (Å²) in [4.78, 5) is 25.0. The van der Waals surface area contributed by atoms with Gasteiger partial charge in [0, 0.05) is 32.6 Å². The lowest BCUT2D eigenvalue weighted by atomic mass is 10.1. The summed E-state index contributed by atoms with van der Waals surface area (Å²) in [6, 6.07) is 0.0423. The van der Waals surface area contributed by atoms with Gasteiger partial charge in [-0.15, -0.1) is 0 Å². The standard InChI is InChI=1S/C12H21N3O3/c1-15-7-8(2-5-11(15)16)14-12(17)10-4-3-9(6-13)18-10/h8-10H,2-7,13H2,1H3,(H,14,17). The normalized spacial score (nSPS) is 32.7. The molecule has 0 aliphatic carbocycles. The molecule has 3 atom stereocenters. The second-order valence-corrected chi connectivity index (χ2v) is 5.08. The average molecular weight is 255 g/mol. The van der Waals surface area contributed by atoms with Crippen molar-refractivity contribution in [2.75, 3.05) is 20.1 Å². The number of likely N-dealkylation sites (N-methyl/N-ethyl adjacent to an activating group) is 1. The summed E-state index contributed by atoms with van der Waals surface area (Å²) >= 11 is 0. The van der Waals surface area contributed by atoms with Crippen LogP contribution in [0, 0.1) is 0 Å². The van der Waals surface area contributed by atoms with Crippen molar-refractivity contribution >= 4 is 11.8 Å². The molecule has 3 unspecified atom stereocenters. The Morgan fingerprint density at radius 3 is 2.89 bits per heavy atom. The van der Waals surface area contributed by atoms with E-state index < -0.39 is 0 Å². The third kappa shape index (κ3) is 3.00. The van der Waals surface area contributed by atoms with E-state index in [1.807, 2.05) is 0 Å². The molecule has 2 fully saturated rings. The van der Waals surface area contributed by atoms with Crippen molar-refractivity contribution in [2.45, 2.75) is 43.9 Å². The van der Waals surface area contributed by atoms with Crippen LogP contribution in [0.4, 0.5) is 0 Å². The molecule has 6 nitrogen and oxygen atoms in total. The van der Waals surface area contributed by atoms with Crippen molar-refractivity contribution in [2.24, 2.45) is 5.73 Å². The molecule has 2 saturated heterocycles. The molecule has 6 heteroatoms. The average Bonchev–Trinajstić information content (AvgIpc) is 2.82. The van der Waals surface area contributed by atoms with E-state index in [0.29, 0.717) is 25.9 Å². The van der Waals surface area contributed by atoms with E-state index in [4.69, 9.17) is 10.5 Å². The van der Waals surface area contributed by atoms with Gasteiger partial charge in [-0.1, -0.05) is 0 Å². The molecule has 0 aromatic heterocycles. The SMILES string of the molecule is CN1CC(NC(=O)C2CCC(CN)O2)CCC1=O. The van der Waals surface area contributed by atoms with E-state index in [9.17, 15) is 9.59 Å². The van der Waals surface area contributed by atoms with Gasteiger partial charge < -0.3 is 20.7 Å². The zero-order chi connectivity index (χ0) is 13.1. The molecule has 102 valence electrons. The van der Waals surface area contributed by atoms with Crippen LogP contribution < -0.4 is 11.1 Å². The number of hydrogen-bond donors (Lipinski definition) is 2. The summed E-state index contributed by atoms with van der Waals surface area (Å²) < 4.78 is 5.54. The largest absolute Gasteiger partial charge is 0.364 e. The van der Waals surface area contributed by atoms with Crippen molar-refractivity contribution in [3.63, 3.8) is 0 Å². The predicted molar refractivity (Wildman–Crippen MR) is 65.8 cm³/mol. The quantitative estimate of drug-likeness (QED) is 0.693. The number of hydrogen-bond acceptors (Lipinski definition) is 4. The Bertz CT molecular complexity index is 335. The maximum absolute atomic E-state index is 12.0. The molecule has 0 aromatic rings. The second-order valence-electron chi connectivity index (χ2n) is 5.08. The third-order valence-corrected chi connectivity index (χ3v) is 3.64. The van der Waals surface area contributed by atoms with Crippen LogP contribution >= 0.6 is 0 Å². The third-order valence-electron chi connectivity index (χ3n) is 3.64. The molecule has 0 bridgehead atoms. The van der Waals surface area contributed by atoms with Crippen LogP contribution in [-0.4, -0.2) is 55.1 Å². The van der Waals surface area contributed by atoms with Gasteiger partial charge in [0.1, 0.15) is 6.10 Å². The van der Waals surface area contributed by atoms with Crippen LogP contribution in [0.5, 0.6) is 0 Å². The summed E-state index contributed by atoms with van der Waals surface area (Å²) in [5.74, 6) is 0.0690. The van der Waals surface area contributed by atoms with Crippen LogP contribution in [0.25, 0.3) is 0 Å². The molecule has 2 heterocycles. The van der Waals surface area contributed by atoms with Crippen LogP contribution in [0.15, 0.2) is 0 Å². The van der Waals surface area contributed by atoms with Gasteiger partial charge >= 0.3 is 0 Å². The number of rotatable bonds is 3. The fraction of sp³-hybridized carbons (Fsp3) is 0.833. The van der Waals surface area contributed by atoms with Crippen molar-refractivity contribution in [1.82, 2.24) is 10.2 Å². The monoisotopic (exact) mass is 255 g/mol. The molecule has 2 amide bonds. The first-order chi connectivity index (χ1) is 8.60. The fourth-order valence-corrected chi connectivity index (χ4v) is 2.50. The summed E-state index contributed by atoms with van der Waals surface area (Å²) in [6.45, 7) is 1.04. The Labute approximate surface area is 107 Å². The van der Waals surface area contributed by atoms with Crippen molar-refractivity contribution < 1.29 is 14.3 Å². The van der Waals surface area contributed by atoms with Crippen LogP contribution in [0.3, 0.4) is 0 Å². The lowest BCUT2D eigenvalue weighted by Gasteiger charge is -2.30. The highest BCUT2D eigenvalue weighted by atomic mass is 16.5. The Balaban J connectivity index is 1.79. The van der Waals surface area contributed by atoms with Crippen LogP contribution in [0.1, 0.15) is 25.7 Å². The molecule has 2 rings (SSSR count). The van der Waals surface area contributed by atoms with Gasteiger partial charge in [0.15, 0.2) is 0 Å². The van der Waals surface area contributed by atoms with Gasteiger partial charge in [-0.25, -0.2) is 0 Å². The van der Waals surface area contributed by atoms with E-state index in [1.165, 1.54) is 0 Å². The number of likely N-dealkylation sites (tertiary alicyclic amines) is 1. The number of nitrogens with two attached hydrogens (primary N) is 1. The van der Waals surface area contributed by atoms with E-state index in [2.05, 4.69) is 5.32 Å². The van der Waals surface area contributed by atoms with E-state index >= 15 is 0 Å². The lowest BCUT2D eigenvalue weighted by molar-refractivity contribution is -0.137. The number of piperidine rings is 1. The lowest BCUT2D eigenvalue weighted by Crippen LogP contribution is -2.50. The smallest absolute Gasteiger partial charge is 0.249 e. The fourth-order valence-electron chi connectivity index (χ4n) is 2.50. The first kappa shape index (κ1) is 13.3. The zero-order valence-electron chi connectivity index (χ0n) is 10.7. The maximum atomic E-state index is 12.0. The Morgan fingerprint density at radius 1 is 1.50 bits per heavy atom. The Hall–Kier alpha value is -1.14. The molecular weight excluding hydrogens is 234 g/mol. The van der Waals surface area contributed by atoms with Gasteiger partial charge in [-0.3, -0.25) is 9.59 Å². The molecule has 2 aliphatic heterocycles. The minimum Gasteiger partial charge on any atom is -0.364 e. The molecular formula is C12H21N3O3. The maximum Gasteiger partial charge on any atom is 0.249 e. The van der Waals surface area contributed by atoms with Crippen LogP contribution in [0.2, 0.25) is 0 Å². The predicted octanol–water partition coefficient (Wildman–Crippen LogP) is -0.770. The number of carbonyl (C=O) groups is 2. The van der Waals surface area contributed by atoms with E-state index in [1.54, 1.807) is 11.9 Å². The molecule has 0 spiro atoms. The molecule has 2 aliphatic rings.